The smallest absolute Gasteiger partial charge is 0.234 e. The quantitative estimate of drug-likeness (QED) is 0.450. The lowest BCUT2D eigenvalue weighted by Gasteiger charge is -2.08. The summed E-state index contributed by atoms with van der Waals surface area (Å²) in [7, 11) is 0. The van der Waals surface area contributed by atoms with Gasteiger partial charge in [-0.2, -0.15) is 0 Å². The Morgan fingerprint density at radius 2 is 1.96 bits per heavy atom. The van der Waals surface area contributed by atoms with Gasteiger partial charge in [0.25, 0.3) is 0 Å². The van der Waals surface area contributed by atoms with Gasteiger partial charge in [0.15, 0.2) is 4.34 Å². The van der Waals surface area contributed by atoms with Crippen molar-refractivity contribution < 1.29 is 4.79 Å². The van der Waals surface area contributed by atoms with Crippen LogP contribution < -0.4 is 5.32 Å². The van der Waals surface area contributed by atoms with Crippen molar-refractivity contribution in [3.05, 3.63) is 65.7 Å². The summed E-state index contributed by atoms with van der Waals surface area (Å²) in [6, 6.07) is 19.6. The second kappa shape index (κ2) is 7.04. The normalized spacial score (nSPS) is 11.1. The maximum atomic E-state index is 12.3. The summed E-state index contributed by atoms with van der Waals surface area (Å²) in [6.45, 7) is 0. The van der Waals surface area contributed by atoms with Crippen LogP contribution in [0.4, 0.5) is 5.69 Å². The number of hydrogen-bond donors (Lipinski definition) is 1. The van der Waals surface area contributed by atoms with Crippen molar-refractivity contribution in [2.45, 2.75) is 4.34 Å². The van der Waals surface area contributed by atoms with E-state index in [-0.39, 0.29) is 5.91 Å². The molecule has 0 fully saturated rings. The Kier molecular flexibility index (Phi) is 4.61. The lowest BCUT2D eigenvalue weighted by Crippen LogP contribution is -2.14. The molecule has 0 bridgehead atoms. The number of nitrogens with one attached hydrogen (secondary N) is 1. The van der Waals surface area contributed by atoms with E-state index >= 15 is 0 Å². The number of nitrogens with zero attached hydrogens (tertiary/aromatic N) is 1. The van der Waals surface area contributed by atoms with Gasteiger partial charge >= 0.3 is 0 Å². The number of halogens is 1. The van der Waals surface area contributed by atoms with E-state index in [1.807, 2.05) is 60.7 Å². The molecule has 0 aliphatic heterocycles. The molecule has 4 rings (SSSR count). The molecule has 1 amide bonds. The lowest BCUT2D eigenvalue weighted by atomic mass is 10.1. The Hall–Kier alpha value is -2.08. The van der Waals surface area contributed by atoms with Crippen LogP contribution in [-0.2, 0) is 4.79 Å². The van der Waals surface area contributed by atoms with E-state index in [4.69, 9.17) is 11.6 Å². The molecular formula is C19H13ClN2OS2. The maximum Gasteiger partial charge on any atom is 0.234 e. The number of aromatic nitrogens is 1. The lowest BCUT2D eigenvalue weighted by molar-refractivity contribution is -0.113. The van der Waals surface area contributed by atoms with Crippen LogP contribution in [0.1, 0.15) is 0 Å². The van der Waals surface area contributed by atoms with Gasteiger partial charge < -0.3 is 5.32 Å². The van der Waals surface area contributed by atoms with Crippen molar-refractivity contribution in [3.63, 3.8) is 0 Å². The number of anilines is 1. The Morgan fingerprint density at radius 1 is 1.12 bits per heavy atom. The third kappa shape index (κ3) is 3.63. The van der Waals surface area contributed by atoms with Crippen LogP contribution in [0.3, 0.4) is 0 Å². The highest BCUT2D eigenvalue weighted by Crippen LogP contribution is 2.31. The van der Waals surface area contributed by atoms with Gasteiger partial charge in [-0.05, 0) is 29.7 Å². The molecule has 25 heavy (non-hydrogen) atoms. The second-order valence-corrected chi connectivity index (χ2v) is 8.14. The Bertz CT molecular complexity index is 1070. The van der Waals surface area contributed by atoms with Crippen LogP contribution in [0.15, 0.2) is 65.0 Å². The predicted octanol–water partition coefficient (Wildman–Crippen LogP) is 5.83. The van der Waals surface area contributed by atoms with Crippen molar-refractivity contribution in [3.8, 4) is 0 Å². The van der Waals surface area contributed by atoms with Crippen molar-refractivity contribution in [2.24, 2.45) is 0 Å². The van der Waals surface area contributed by atoms with Crippen LogP contribution >= 0.6 is 34.7 Å². The molecule has 0 aliphatic rings. The predicted molar refractivity (Wildman–Crippen MR) is 108 cm³/mol. The molecule has 0 atom stereocenters. The number of thiazole rings is 1. The van der Waals surface area contributed by atoms with Crippen molar-refractivity contribution in [2.75, 3.05) is 11.1 Å². The summed E-state index contributed by atoms with van der Waals surface area (Å²) in [5.74, 6) is 0.273. The largest absolute Gasteiger partial charge is 0.325 e. The SMILES string of the molecule is O=C(CSc1nc2cc(Cl)ccc2s1)Nc1cccc2ccccc12. The van der Waals surface area contributed by atoms with E-state index in [0.29, 0.717) is 10.8 Å². The molecule has 124 valence electrons. The van der Waals surface area contributed by atoms with E-state index < -0.39 is 0 Å². The molecule has 0 saturated carbocycles. The molecule has 0 radical (unpaired) electrons. The highest BCUT2D eigenvalue weighted by atomic mass is 35.5. The highest BCUT2D eigenvalue weighted by Gasteiger charge is 2.10. The van der Waals surface area contributed by atoms with Crippen molar-refractivity contribution in [1.82, 2.24) is 4.98 Å². The zero-order chi connectivity index (χ0) is 17.2. The molecule has 6 heteroatoms. The van der Waals surface area contributed by atoms with Crippen LogP contribution in [0, 0.1) is 0 Å². The molecule has 1 heterocycles. The number of fused-ring (bicyclic) bond motifs is 2. The van der Waals surface area contributed by atoms with E-state index in [1.54, 1.807) is 11.3 Å². The fraction of sp³-hybridized carbons (Fsp3) is 0.0526. The van der Waals surface area contributed by atoms with E-state index in [0.717, 1.165) is 31.0 Å². The summed E-state index contributed by atoms with van der Waals surface area (Å²) in [6.07, 6.45) is 0. The number of thioether (sulfide) groups is 1. The summed E-state index contributed by atoms with van der Waals surface area (Å²) in [5, 5.41) is 5.81. The minimum absolute atomic E-state index is 0.0429. The van der Waals surface area contributed by atoms with Gasteiger partial charge in [0.05, 0.1) is 16.0 Å². The van der Waals surface area contributed by atoms with Gasteiger partial charge in [0.2, 0.25) is 5.91 Å². The van der Waals surface area contributed by atoms with E-state index in [1.165, 1.54) is 11.8 Å². The third-order valence-corrected chi connectivity index (χ3v) is 6.13. The number of rotatable bonds is 4. The number of carbonyl (C=O) groups excluding carboxylic acids is 1. The highest BCUT2D eigenvalue weighted by molar-refractivity contribution is 8.01. The molecular weight excluding hydrogens is 372 g/mol. The first-order chi connectivity index (χ1) is 12.2. The van der Waals surface area contributed by atoms with Crippen LogP contribution in [-0.4, -0.2) is 16.6 Å². The average molecular weight is 385 g/mol. The van der Waals surface area contributed by atoms with Gasteiger partial charge in [0, 0.05) is 16.1 Å². The summed E-state index contributed by atoms with van der Waals surface area (Å²) < 4.78 is 1.94. The van der Waals surface area contributed by atoms with Crippen LogP contribution in [0.5, 0.6) is 0 Å². The molecule has 0 spiro atoms. The van der Waals surface area contributed by atoms with Gasteiger partial charge in [0.1, 0.15) is 0 Å². The Morgan fingerprint density at radius 3 is 2.88 bits per heavy atom. The fourth-order valence-electron chi connectivity index (χ4n) is 2.59. The molecule has 3 aromatic carbocycles. The van der Waals surface area contributed by atoms with Gasteiger partial charge in [-0.25, -0.2) is 4.98 Å². The number of carbonyl (C=O) groups is 1. The molecule has 0 unspecified atom stereocenters. The van der Waals surface area contributed by atoms with E-state index in [9.17, 15) is 4.79 Å². The first-order valence-corrected chi connectivity index (χ1v) is 9.83. The molecule has 0 saturated heterocycles. The molecule has 3 nitrogen and oxygen atoms in total. The number of benzene rings is 3. The first kappa shape index (κ1) is 16.4. The van der Waals surface area contributed by atoms with Gasteiger partial charge in [-0.1, -0.05) is 59.8 Å². The summed E-state index contributed by atoms with van der Waals surface area (Å²) >= 11 is 8.99. The average Bonchev–Trinajstić information content (AvgIpc) is 3.02. The third-order valence-electron chi connectivity index (χ3n) is 3.72. The zero-order valence-corrected chi connectivity index (χ0v) is 15.4. The van der Waals surface area contributed by atoms with Gasteiger partial charge in [-0.15, -0.1) is 11.3 Å². The molecule has 0 aliphatic carbocycles. The van der Waals surface area contributed by atoms with Crippen LogP contribution in [0.25, 0.3) is 21.0 Å². The molecule has 1 N–H and O–H groups in total. The minimum Gasteiger partial charge on any atom is -0.325 e. The van der Waals surface area contributed by atoms with E-state index in [2.05, 4.69) is 10.3 Å². The fourth-order valence-corrected chi connectivity index (χ4v) is 4.60. The monoisotopic (exact) mass is 384 g/mol. The van der Waals surface area contributed by atoms with Gasteiger partial charge in [-0.3, -0.25) is 4.79 Å². The topological polar surface area (TPSA) is 42.0 Å². The summed E-state index contributed by atoms with van der Waals surface area (Å²) in [5.41, 5.74) is 1.70. The minimum atomic E-state index is -0.0429. The Labute approximate surface area is 158 Å². The van der Waals surface area contributed by atoms with Crippen molar-refractivity contribution in [1.29, 1.82) is 0 Å². The first-order valence-electron chi connectivity index (χ1n) is 7.65. The van der Waals surface area contributed by atoms with Crippen LogP contribution in [0.2, 0.25) is 5.02 Å². The number of hydrogen-bond acceptors (Lipinski definition) is 4. The molecule has 1 aromatic heterocycles. The standard InChI is InChI=1S/C19H13ClN2OS2/c20-13-8-9-17-16(10-13)22-19(25-17)24-11-18(23)21-15-7-3-5-12-4-1-2-6-14(12)15/h1-10H,11H2,(H,21,23). The second-order valence-electron chi connectivity index (χ2n) is 5.46. The number of amides is 1. The molecule has 4 aromatic rings. The maximum absolute atomic E-state index is 12.3. The van der Waals surface area contributed by atoms with Crippen molar-refractivity contribution >= 4 is 67.3 Å². The Balaban J connectivity index is 1.46. The summed E-state index contributed by atoms with van der Waals surface area (Å²) in [4.78, 5) is 16.8. The zero-order valence-electron chi connectivity index (χ0n) is 13.0.